The lowest BCUT2D eigenvalue weighted by Crippen LogP contribution is -2.41. The van der Waals surface area contributed by atoms with Crippen LogP contribution in [0.2, 0.25) is 0 Å². The predicted octanol–water partition coefficient (Wildman–Crippen LogP) is 2.37. The first-order valence-electron chi connectivity index (χ1n) is 5.70. The molecule has 0 saturated carbocycles. The zero-order chi connectivity index (χ0) is 13.9. The number of rotatable bonds is 3. The smallest absolute Gasteiger partial charge is 0.321 e. The largest absolute Gasteiger partial charge is 0.389 e. The number of hydrogen-bond acceptors (Lipinski definition) is 2. The molecule has 18 heavy (non-hydrogen) atoms. The van der Waals surface area contributed by atoms with Crippen molar-refractivity contribution in [2.75, 3.05) is 18.9 Å². The van der Waals surface area contributed by atoms with Gasteiger partial charge in [0.1, 0.15) is 5.82 Å². The third-order valence-electron chi connectivity index (χ3n) is 2.38. The first-order valence-corrected chi connectivity index (χ1v) is 5.70. The van der Waals surface area contributed by atoms with E-state index in [-0.39, 0.29) is 18.4 Å². The molecule has 4 nitrogen and oxygen atoms in total. The van der Waals surface area contributed by atoms with Crippen LogP contribution in [0.3, 0.4) is 0 Å². The van der Waals surface area contributed by atoms with Gasteiger partial charge in [-0.3, -0.25) is 0 Å². The van der Waals surface area contributed by atoms with Crippen molar-refractivity contribution in [1.29, 1.82) is 0 Å². The molecule has 0 aliphatic rings. The van der Waals surface area contributed by atoms with Gasteiger partial charge in [-0.15, -0.1) is 0 Å². The Balaban J connectivity index is 2.67. The molecule has 0 fully saturated rings. The minimum atomic E-state index is -0.954. The van der Waals surface area contributed by atoms with Crippen molar-refractivity contribution in [1.82, 2.24) is 4.90 Å². The van der Waals surface area contributed by atoms with Crippen molar-refractivity contribution in [2.24, 2.45) is 0 Å². The van der Waals surface area contributed by atoms with Gasteiger partial charge in [0.2, 0.25) is 0 Å². The highest BCUT2D eigenvalue weighted by Crippen LogP contribution is 2.14. The SMILES string of the molecule is Cc1cc(NC(=O)N(C)CC(C)(C)O)ccc1F. The fourth-order valence-electron chi connectivity index (χ4n) is 1.59. The van der Waals surface area contributed by atoms with Crippen LogP contribution in [-0.2, 0) is 0 Å². The first-order chi connectivity index (χ1) is 8.19. The molecule has 1 rings (SSSR count). The number of carbonyl (C=O) groups excluding carboxylic acids is 1. The monoisotopic (exact) mass is 254 g/mol. The van der Waals surface area contributed by atoms with E-state index in [9.17, 15) is 14.3 Å². The number of likely N-dealkylation sites (N-methyl/N-ethyl adjacent to an activating group) is 1. The summed E-state index contributed by atoms with van der Waals surface area (Å²) >= 11 is 0. The summed E-state index contributed by atoms with van der Waals surface area (Å²) in [4.78, 5) is 13.2. The van der Waals surface area contributed by atoms with Crippen molar-refractivity contribution < 1.29 is 14.3 Å². The summed E-state index contributed by atoms with van der Waals surface area (Å²) in [5.41, 5.74) is 0.0459. The van der Waals surface area contributed by atoms with Gasteiger partial charge in [0.15, 0.2) is 0 Å². The number of benzene rings is 1. The van der Waals surface area contributed by atoms with Crippen molar-refractivity contribution in [2.45, 2.75) is 26.4 Å². The number of hydrogen-bond donors (Lipinski definition) is 2. The zero-order valence-electron chi connectivity index (χ0n) is 11.1. The van der Waals surface area contributed by atoms with E-state index in [1.807, 2.05) is 0 Å². The second-order valence-corrected chi connectivity index (χ2v) is 5.06. The highest BCUT2D eigenvalue weighted by atomic mass is 19.1. The predicted molar refractivity (Wildman–Crippen MR) is 69.1 cm³/mol. The van der Waals surface area contributed by atoms with Crippen LogP contribution in [-0.4, -0.2) is 35.2 Å². The van der Waals surface area contributed by atoms with Crippen molar-refractivity contribution in [3.8, 4) is 0 Å². The van der Waals surface area contributed by atoms with Crippen LogP contribution in [0.5, 0.6) is 0 Å². The lowest BCUT2D eigenvalue weighted by atomic mass is 10.1. The summed E-state index contributed by atoms with van der Waals surface area (Å²) < 4.78 is 13.1. The van der Waals surface area contributed by atoms with Crippen molar-refractivity contribution in [3.63, 3.8) is 0 Å². The van der Waals surface area contributed by atoms with Gasteiger partial charge in [0.25, 0.3) is 0 Å². The highest BCUT2D eigenvalue weighted by Gasteiger charge is 2.19. The zero-order valence-corrected chi connectivity index (χ0v) is 11.1. The number of aryl methyl sites for hydroxylation is 1. The second-order valence-electron chi connectivity index (χ2n) is 5.06. The molecule has 2 amide bonds. The molecule has 0 radical (unpaired) electrons. The molecule has 1 aromatic rings. The summed E-state index contributed by atoms with van der Waals surface area (Å²) in [5, 5.41) is 12.3. The first kappa shape index (κ1) is 14.4. The molecule has 0 aromatic heterocycles. The third kappa shape index (κ3) is 4.33. The number of amides is 2. The molecule has 0 unspecified atom stereocenters. The highest BCUT2D eigenvalue weighted by molar-refractivity contribution is 5.89. The standard InChI is InChI=1S/C13H19FN2O2/c1-9-7-10(5-6-11(9)14)15-12(17)16(4)8-13(2,3)18/h5-7,18H,8H2,1-4H3,(H,15,17). The summed E-state index contributed by atoms with van der Waals surface area (Å²) in [5.74, 6) is -0.308. The molecular formula is C13H19FN2O2. The van der Waals surface area contributed by atoms with E-state index < -0.39 is 5.60 Å². The maximum absolute atomic E-state index is 13.1. The third-order valence-corrected chi connectivity index (χ3v) is 2.38. The summed E-state index contributed by atoms with van der Waals surface area (Å²) in [6, 6.07) is 4.02. The van der Waals surface area contributed by atoms with Crippen LogP contribution in [0, 0.1) is 12.7 Å². The lowest BCUT2D eigenvalue weighted by Gasteiger charge is -2.25. The Bertz CT molecular complexity index is 441. The molecule has 0 heterocycles. The minimum Gasteiger partial charge on any atom is -0.389 e. The normalized spacial score (nSPS) is 11.2. The van der Waals surface area contributed by atoms with E-state index in [1.54, 1.807) is 33.9 Å². The summed E-state index contributed by atoms with van der Waals surface area (Å²) in [7, 11) is 1.59. The molecule has 0 spiro atoms. The number of halogens is 1. The van der Waals surface area contributed by atoms with E-state index in [0.717, 1.165) is 0 Å². The van der Waals surface area contributed by atoms with Gasteiger partial charge in [-0.25, -0.2) is 9.18 Å². The fraction of sp³-hybridized carbons (Fsp3) is 0.462. The van der Waals surface area contributed by atoms with Gasteiger partial charge < -0.3 is 15.3 Å². The van der Waals surface area contributed by atoms with E-state index in [1.165, 1.54) is 17.0 Å². The van der Waals surface area contributed by atoms with Gasteiger partial charge in [-0.05, 0) is 44.5 Å². The molecule has 100 valence electrons. The Kier molecular flexibility index (Phi) is 4.29. The maximum Gasteiger partial charge on any atom is 0.321 e. The van der Waals surface area contributed by atoms with Crippen molar-refractivity contribution >= 4 is 11.7 Å². The quantitative estimate of drug-likeness (QED) is 0.870. The average Bonchev–Trinajstić information content (AvgIpc) is 2.21. The number of carbonyl (C=O) groups is 1. The van der Waals surface area contributed by atoms with Gasteiger partial charge in [-0.2, -0.15) is 0 Å². The molecule has 0 aliphatic carbocycles. The Hall–Kier alpha value is -1.62. The summed E-state index contributed by atoms with van der Waals surface area (Å²) in [6.07, 6.45) is 0. The minimum absolute atomic E-state index is 0.207. The number of anilines is 1. The Morgan fingerprint density at radius 2 is 2.11 bits per heavy atom. The molecule has 2 N–H and O–H groups in total. The Labute approximate surface area is 106 Å². The second kappa shape index (κ2) is 5.35. The number of aliphatic hydroxyl groups is 1. The van der Waals surface area contributed by atoms with Gasteiger partial charge in [-0.1, -0.05) is 0 Å². The van der Waals surface area contributed by atoms with Crippen LogP contribution in [0.4, 0.5) is 14.9 Å². The van der Waals surface area contributed by atoms with Crippen LogP contribution in [0.15, 0.2) is 18.2 Å². The van der Waals surface area contributed by atoms with E-state index >= 15 is 0 Å². The molecule has 1 aromatic carbocycles. The Morgan fingerprint density at radius 3 is 2.61 bits per heavy atom. The number of urea groups is 1. The van der Waals surface area contributed by atoms with E-state index in [2.05, 4.69) is 5.32 Å². The van der Waals surface area contributed by atoms with Crippen LogP contribution in [0.1, 0.15) is 19.4 Å². The Morgan fingerprint density at radius 1 is 1.50 bits per heavy atom. The molecule has 0 aliphatic heterocycles. The van der Waals surface area contributed by atoms with Gasteiger partial charge in [0.05, 0.1) is 12.1 Å². The van der Waals surface area contributed by atoms with Gasteiger partial charge in [0, 0.05) is 12.7 Å². The average molecular weight is 254 g/mol. The maximum atomic E-state index is 13.1. The van der Waals surface area contributed by atoms with Crippen LogP contribution < -0.4 is 5.32 Å². The molecule has 0 atom stereocenters. The molecule has 5 heteroatoms. The topological polar surface area (TPSA) is 52.6 Å². The lowest BCUT2D eigenvalue weighted by molar-refractivity contribution is 0.0550. The van der Waals surface area contributed by atoms with E-state index in [0.29, 0.717) is 11.3 Å². The fourth-order valence-corrected chi connectivity index (χ4v) is 1.59. The summed E-state index contributed by atoms with van der Waals surface area (Å²) in [6.45, 7) is 5.09. The van der Waals surface area contributed by atoms with E-state index in [4.69, 9.17) is 0 Å². The molecule has 0 saturated heterocycles. The number of nitrogens with one attached hydrogen (secondary N) is 1. The molecular weight excluding hydrogens is 235 g/mol. The number of nitrogens with zero attached hydrogens (tertiary/aromatic N) is 1. The van der Waals surface area contributed by atoms with Crippen molar-refractivity contribution in [3.05, 3.63) is 29.6 Å². The van der Waals surface area contributed by atoms with Crippen LogP contribution >= 0.6 is 0 Å². The molecule has 0 bridgehead atoms. The van der Waals surface area contributed by atoms with Gasteiger partial charge >= 0.3 is 6.03 Å². The van der Waals surface area contributed by atoms with Crippen LogP contribution in [0.25, 0.3) is 0 Å².